The van der Waals surface area contributed by atoms with Gasteiger partial charge in [0.15, 0.2) is 0 Å². The van der Waals surface area contributed by atoms with E-state index in [1.165, 1.54) is 23.3 Å². The van der Waals surface area contributed by atoms with E-state index in [1.807, 2.05) is 6.26 Å². The number of halogens is 2. The number of amides is 3. The van der Waals surface area contributed by atoms with Crippen LogP contribution in [0, 0.1) is 5.82 Å². The van der Waals surface area contributed by atoms with Gasteiger partial charge >= 0.3 is 6.03 Å². The molecule has 3 amide bonds. The first-order valence-electron chi connectivity index (χ1n) is 9.40. The number of hydrogen-bond donors (Lipinski definition) is 1. The minimum Gasteiger partial charge on any atom is -0.320 e. The van der Waals surface area contributed by atoms with Crippen molar-refractivity contribution in [1.82, 2.24) is 19.7 Å². The molecule has 2 aliphatic rings. The van der Waals surface area contributed by atoms with Crippen molar-refractivity contribution in [3.8, 4) is 0 Å². The third kappa shape index (κ3) is 3.99. The van der Waals surface area contributed by atoms with Crippen LogP contribution in [0.1, 0.15) is 21.7 Å². The van der Waals surface area contributed by atoms with Crippen LogP contribution in [0.4, 0.5) is 14.9 Å². The average Bonchev–Trinajstić information content (AvgIpc) is 3.01. The van der Waals surface area contributed by atoms with Gasteiger partial charge in [-0.3, -0.25) is 14.3 Å². The summed E-state index contributed by atoms with van der Waals surface area (Å²) in [5, 5.41) is 8.54. The largest absolute Gasteiger partial charge is 0.322 e. The Morgan fingerprint density at radius 2 is 2.27 bits per heavy atom. The maximum absolute atomic E-state index is 13.3. The van der Waals surface area contributed by atoms with Crippen LogP contribution in [0.25, 0.3) is 0 Å². The zero-order chi connectivity index (χ0) is 21.4. The lowest BCUT2D eigenvalue weighted by Crippen LogP contribution is -2.39. The van der Waals surface area contributed by atoms with E-state index in [4.69, 9.17) is 16.4 Å². The molecule has 0 fully saturated rings. The molecule has 8 nitrogen and oxygen atoms in total. The Hall–Kier alpha value is -2.30. The summed E-state index contributed by atoms with van der Waals surface area (Å²) in [5.41, 5.74) is 2.41. The van der Waals surface area contributed by atoms with Gasteiger partial charge in [0.25, 0.3) is 5.91 Å². The van der Waals surface area contributed by atoms with Crippen LogP contribution in [0.2, 0.25) is 5.02 Å². The molecule has 11 heteroatoms. The van der Waals surface area contributed by atoms with E-state index < -0.39 is 5.82 Å². The number of carbonyl (C=O) groups is 2. The molecule has 1 aromatic carbocycles. The Labute approximate surface area is 182 Å². The molecule has 1 atom stereocenters. The van der Waals surface area contributed by atoms with Gasteiger partial charge in [0.1, 0.15) is 17.6 Å². The number of anilines is 1. The first-order valence-corrected chi connectivity index (χ1v) is 11.2. The Kier molecular flexibility index (Phi) is 5.90. The Morgan fingerprint density at radius 3 is 3.00 bits per heavy atom. The fourth-order valence-electron chi connectivity index (χ4n) is 3.66. The van der Waals surface area contributed by atoms with E-state index in [2.05, 4.69) is 10.4 Å². The SMILES string of the molecule is CSCC1Cn2nc3c(c2C(=O)N(C)O1)CN(C(=O)Nc1ccc(F)c(Cl)c1)CC3. The van der Waals surface area contributed by atoms with Gasteiger partial charge in [-0.25, -0.2) is 14.2 Å². The highest BCUT2D eigenvalue weighted by molar-refractivity contribution is 7.98. The summed E-state index contributed by atoms with van der Waals surface area (Å²) < 4.78 is 15.1. The number of carbonyl (C=O) groups excluding carboxylic acids is 2. The van der Waals surface area contributed by atoms with E-state index in [0.29, 0.717) is 30.9 Å². The van der Waals surface area contributed by atoms with Crippen LogP contribution in [-0.4, -0.2) is 63.4 Å². The van der Waals surface area contributed by atoms with Gasteiger partial charge in [-0.2, -0.15) is 16.9 Å². The normalized spacial score (nSPS) is 18.7. The molecular weight excluding hydrogens is 433 g/mol. The number of rotatable bonds is 3. The molecule has 0 bridgehead atoms. The van der Waals surface area contributed by atoms with Crippen molar-refractivity contribution in [2.75, 3.05) is 30.9 Å². The van der Waals surface area contributed by atoms with Crippen molar-refractivity contribution in [3.05, 3.63) is 46.0 Å². The average molecular weight is 454 g/mol. The second-order valence-electron chi connectivity index (χ2n) is 7.17. The highest BCUT2D eigenvalue weighted by atomic mass is 35.5. The summed E-state index contributed by atoms with van der Waals surface area (Å²) in [6.07, 6.45) is 2.35. The minimum absolute atomic E-state index is 0.0656. The smallest absolute Gasteiger partial charge is 0.320 e. The van der Waals surface area contributed by atoms with Crippen LogP contribution in [0.15, 0.2) is 18.2 Å². The van der Waals surface area contributed by atoms with Gasteiger partial charge in [-0.05, 0) is 24.5 Å². The number of benzene rings is 1. The van der Waals surface area contributed by atoms with Crippen LogP contribution in [0.5, 0.6) is 0 Å². The van der Waals surface area contributed by atoms with Gasteiger partial charge in [-0.15, -0.1) is 0 Å². The van der Waals surface area contributed by atoms with Crippen LogP contribution in [0.3, 0.4) is 0 Å². The maximum Gasteiger partial charge on any atom is 0.322 e. The molecule has 2 aliphatic heterocycles. The van der Waals surface area contributed by atoms with Crippen molar-refractivity contribution in [2.45, 2.75) is 25.6 Å². The zero-order valence-electron chi connectivity index (χ0n) is 16.5. The number of hydrogen-bond acceptors (Lipinski definition) is 5. The standard InChI is InChI=1S/C19H21ClFN5O3S/c1-24-18(27)17-13-9-25(19(28)22-11-3-4-15(21)14(20)7-11)6-5-16(13)23-26(17)8-12(29-24)10-30-2/h3-4,7,12H,5-6,8-10H2,1-2H3,(H,22,28). The predicted octanol–water partition coefficient (Wildman–Crippen LogP) is 3.01. The van der Waals surface area contributed by atoms with E-state index >= 15 is 0 Å². The molecular formula is C19H21ClFN5O3S. The molecule has 0 saturated carbocycles. The number of aromatic nitrogens is 2. The monoisotopic (exact) mass is 453 g/mol. The van der Waals surface area contributed by atoms with Crippen molar-refractivity contribution in [3.63, 3.8) is 0 Å². The molecule has 1 aromatic heterocycles. The Balaban J connectivity index is 1.56. The molecule has 0 aliphatic carbocycles. The number of thioether (sulfide) groups is 1. The number of nitrogens with zero attached hydrogens (tertiary/aromatic N) is 4. The number of nitrogens with one attached hydrogen (secondary N) is 1. The van der Waals surface area contributed by atoms with Gasteiger partial charge < -0.3 is 10.2 Å². The highest BCUT2D eigenvalue weighted by Crippen LogP contribution is 2.27. The fraction of sp³-hybridized carbons (Fsp3) is 0.421. The molecule has 0 saturated heterocycles. The summed E-state index contributed by atoms with van der Waals surface area (Å²) in [4.78, 5) is 33.0. The third-order valence-electron chi connectivity index (χ3n) is 5.08. The van der Waals surface area contributed by atoms with Gasteiger partial charge in [0.2, 0.25) is 0 Å². The van der Waals surface area contributed by atoms with Crippen LogP contribution < -0.4 is 5.32 Å². The van der Waals surface area contributed by atoms with E-state index in [1.54, 1.807) is 28.4 Å². The molecule has 1 N–H and O–H groups in total. The Morgan fingerprint density at radius 1 is 1.47 bits per heavy atom. The number of urea groups is 1. The topological polar surface area (TPSA) is 79.7 Å². The first kappa shape index (κ1) is 21.0. The molecule has 0 radical (unpaired) electrons. The highest BCUT2D eigenvalue weighted by Gasteiger charge is 2.35. The lowest BCUT2D eigenvalue weighted by molar-refractivity contribution is -0.139. The third-order valence-corrected chi connectivity index (χ3v) is 6.08. The maximum atomic E-state index is 13.3. The molecule has 3 heterocycles. The molecule has 2 aromatic rings. The lowest BCUT2D eigenvalue weighted by atomic mass is 10.1. The quantitative estimate of drug-likeness (QED) is 0.772. The Bertz CT molecular complexity index is 1000. The second-order valence-corrected chi connectivity index (χ2v) is 8.49. The van der Waals surface area contributed by atoms with Gasteiger partial charge in [0, 0.05) is 37.0 Å². The van der Waals surface area contributed by atoms with E-state index in [-0.39, 0.29) is 29.6 Å². The van der Waals surface area contributed by atoms with E-state index in [0.717, 1.165) is 17.0 Å². The summed E-state index contributed by atoms with van der Waals surface area (Å²) in [6, 6.07) is 3.65. The summed E-state index contributed by atoms with van der Waals surface area (Å²) in [6.45, 7) is 1.18. The fourth-order valence-corrected chi connectivity index (χ4v) is 4.38. The van der Waals surface area contributed by atoms with E-state index in [9.17, 15) is 14.0 Å². The molecule has 160 valence electrons. The van der Waals surface area contributed by atoms with Gasteiger partial charge in [-0.1, -0.05) is 11.6 Å². The molecule has 4 rings (SSSR count). The van der Waals surface area contributed by atoms with Crippen molar-refractivity contribution >= 4 is 41.0 Å². The summed E-state index contributed by atoms with van der Waals surface area (Å²) in [7, 11) is 1.59. The van der Waals surface area contributed by atoms with Crippen molar-refractivity contribution in [2.24, 2.45) is 0 Å². The molecule has 0 spiro atoms. The number of fused-ring (bicyclic) bond motifs is 3. The summed E-state index contributed by atoms with van der Waals surface area (Å²) in [5.74, 6) is -0.0968. The predicted molar refractivity (Wildman–Crippen MR) is 112 cm³/mol. The van der Waals surface area contributed by atoms with Crippen LogP contribution >= 0.6 is 23.4 Å². The summed E-state index contributed by atoms with van der Waals surface area (Å²) >= 11 is 7.43. The first-order chi connectivity index (χ1) is 14.4. The van der Waals surface area contributed by atoms with Crippen molar-refractivity contribution < 1.29 is 18.8 Å². The minimum atomic E-state index is -0.551. The second kappa shape index (κ2) is 8.44. The molecule has 1 unspecified atom stereocenters. The van der Waals surface area contributed by atoms with Crippen LogP contribution in [-0.2, 0) is 24.3 Å². The molecule has 30 heavy (non-hydrogen) atoms. The number of hydroxylamine groups is 2. The lowest BCUT2D eigenvalue weighted by Gasteiger charge is -2.27. The zero-order valence-corrected chi connectivity index (χ0v) is 18.1. The van der Waals surface area contributed by atoms with Crippen molar-refractivity contribution in [1.29, 1.82) is 0 Å². The van der Waals surface area contributed by atoms with Gasteiger partial charge in [0.05, 0.1) is 23.8 Å².